The molecule has 1 aromatic rings. The highest BCUT2D eigenvalue weighted by molar-refractivity contribution is 6.62. The van der Waals surface area contributed by atoms with Gasteiger partial charge in [0.05, 0.1) is 11.2 Å². The van der Waals surface area contributed by atoms with Crippen LogP contribution in [-0.4, -0.2) is 35.8 Å². The van der Waals surface area contributed by atoms with Crippen LogP contribution >= 0.6 is 0 Å². The summed E-state index contributed by atoms with van der Waals surface area (Å²) in [5.74, 6) is 0.323. The Morgan fingerprint density at radius 1 is 1.04 bits per heavy atom. The van der Waals surface area contributed by atoms with Crippen LogP contribution < -0.4 is 5.46 Å². The van der Waals surface area contributed by atoms with Gasteiger partial charge in [0.2, 0.25) is 0 Å². The zero-order chi connectivity index (χ0) is 20.4. The molecule has 0 saturated carbocycles. The number of hydrogen-bond donors (Lipinski definition) is 0. The maximum absolute atomic E-state index is 14.6. The van der Waals surface area contributed by atoms with E-state index in [0.717, 1.165) is 31.5 Å². The van der Waals surface area contributed by atoms with E-state index < -0.39 is 18.3 Å². The zero-order valence-electron chi connectivity index (χ0n) is 18.4. The van der Waals surface area contributed by atoms with Crippen LogP contribution in [0.5, 0.6) is 0 Å². The molecule has 1 fully saturated rings. The number of halogens is 1. The van der Waals surface area contributed by atoms with Crippen molar-refractivity contribution in [1.82, 2.24) is 4.90 Å². The summed E-state index contributed by atoms with van der Waals surface area (Å²) in [4.78, 5) is 2.52. The molecular formula is C22H37BFNO2. The Balaban J connectivity index is 2.26. The summed E-state index contributed by atoms with van der Waals surface area (Å²) in [7, 11) is -0.665. The van der Waals surface area contributed by atoms with Crippen molar-refractivity contribution in [3.63, 3.8) is 0 Å². The molecule has 1 aliphatic rings. The molecule has 27 heavy (non-hydrogen) atoms. The lowest BCUT2D eigenvalue weighted by Crippen LogP contribution is -2.41. The van der Waals surface area contributed by atoms with Crippen molar-refractivity contribution in [3.05, 3.63) is 29.6 Å². The Labute approximate surface area is 165 Å². The van der Waals surface area contributed by atoms with Crippen LogP contribution in [0.4, 0.5) is 4.39 Å². The lowest BCUT2D eigenvalue weighted by atomic mass is 9.78. The van der Waals surface area contributed by atoms with E-state index in [-0.39, 0.29) is 5.82 Å². The van der Waals surface area contributed by atoms with E-state index in [2.05, 4.69) is 32.6 Å². The van der Waals surface area contributed by atoms with Gasteiger partial charge in [0.15, 0.2) is 0 Å². The van der Waals surface area contributed by atoms with E-state index in [4.69, 9.17) is 9.31 Å². The van der Waals surface area contributed by atoms with E-state index in [1.54, 1.807) is 6.07 Å². The lowest BCUT2D eigenvalue weighted by molar-refractivity contribution is 0.00578. The molecule has 152 valence electrons. The number of nitrogens with zero attached hydrogens (tertiary/aromatic N) is 1. The Bertz CT molecular complexity index is 613. The van der Waals surface area contributed by atoms with E-state index in [0.29, 0.717) is 17.4 Å². The van der Waals surface area contributed by atoms with Gasteiger partial charge in [0.25, 0.3) is 0 Å². The molecule has 0 atom stereocenters. The molecule has 0 aliphatic carbocycles. The fourth-order valence-corrected chi connectivity index (χ4v) is 3.69. The third-order valence-corrected chi connectivity index (χ3v) is 6.01. The summed E-state index contributed by atoms with van der Waals surface area (Å²) in [5, 5.41) is 0. The monoisotopic (exact) mass is 377 g/mol. The topological polar surface area (TPSA) is 21.7 Å². The van der Waals surface area contributed by atoms with Gasteiger partial charge in [-0.1, -0.05) is 39.8 Å². The maximum Gasteiger partial charge on any atom is 0.497 e. The Morgan fingerprint density at radius 3 is 2.07 bits per heavy atom. The van der Waals surface area contributed by atoms with Crippen LogP contribution in [-0.2, 0) is 15.9 Å². The van der Waals surface area contributed by atoms with E-state index >= 15 is 0 Å². The third-order valence-electron chi connectivity index (χ3n) is 6.01. The minimum absolute atomic E-state index is 0.268. The lowest BCUT2D eigenvalue weighted by Gasteiger charge is -2.32. The summed E-state index contributed by atoms with van der Waals surface area (Å²) < 4.78 is 26.7. The number of benzene rings is 1. The Hall–Kier alpha value is -0.905. The number of rotatable bonds is 8. The average molecular weight is 377 g/mol. The minimum atomic E-state index is -0.665. The first kappa shape index (κ1) is 22.4. The normalized spacial score (nSPS) is 18.9. The molecule has 3 nitrogen and oxygen atoms in total. The minimum Gasteiger partial charge on any atom is -0.399 e. The molecule has 2 rings (SSSR count). The van der Waals surface area contributed by atoms with Crippen molar-refractivity contribution in [2.45, 2.75) is 92.0 Å². The fourth-order valence-electron chi connectivity index (χ4n) is 3.69. The standard InChI is InChI=1S/C22H37BFNO2/c1-9-18(10-2)25(14-16(3)4)15-17-11-12-20(24)19(13-17)23-26-21(5,6)22(7,8)27-23/h11-13,16,18H,9-10,14-15H2,1-8H3. The maximum atomic E-state index is 14.6. The molecule has 0 radical (unpaired) electrons. The molecule has 1 heterocycles. The summed E-state index contributed by atoms with van der Waals surface area (Å²) in [6.45, 7) is 18.8. The molecule has 1 aliphatic heterocycles. The first-order valence-corrected chi connectivity index (χ1v) is 10.4. The van der Waals surface area contributed by atoms with Gasteiger partial charge in [-0.2, -0.15) is 0 Å². The average Bonchev–Trinajstić information content (AvgIpc) is 2.77. The van der Waals surface area contributed by atoms with Crippen LogP contribution in [0.1, 0.15) is 73.8 Å². The van der Waals surface area contributed by atoms with E-state index in [9.17, 15) is 4.39 Å². The van der Waals surface area contributed by atoms with Crippen molar-refractivity contribution in [2.75, 3.05) is 6.54 Å². The Kier molecular flexibility index (Phi) is 7.15. The molecule has 0 spiro atoms. The van der Waals surface area contributed by atoms with Crippen molar-refractivity contribution in [1.29, 1.82) is 0 Å². The van der Waals surface area contributed by atoms with Gasteiger partial charge in [0, 0.05) is 24.6 Å². The van der Waals surface area contributed by atoms with Crippen molar-refractivity contribution in [2.24, 2.45) is 5.92 Å². The van der Waals surface area contributed by atoms with E-state index in [1.165, 1.54) is 0 Å². The summed E-state index contributed by atoms with van der Waals surface area (Å²) in [5.41, 5.74) is 0.660. The van der Waals surface area contributed by atoms with Crippen molar-refractivity contribution < 1.29 is 13.7 Å². The molecule has 0 aromatic heterocycles. The predicted octanol–water partition coefficient (Wildman–Crippen LogP) is 4.77. The van der Waals surface area contributed by atoms with Gasteiger partial charge >= 0.3 is 7.12 Å². The van der Waals surface area contributed by atoms with Crippen molar-refractivity contribution in [3.8, 4) is 0 Å². The second-order valence-corrected chi connectivity index (χ2v) is 9.24. The largest absolute Gasteiger partial charge is 0.497 e. The highest BCUT2D eigenvalue weighted by atomic mass is 19.1. The van der Waals surface area contributed by atoms with Gasteiger partial charge in [0.1, 0.15) is 5.82 Å². The van der Waals surface area contributed by atoms with Crippen LogP contribution in [0.15, 0.2) is 18.2 Å². The first-order chi connectivity index (χ1) is 12.5. The highest BCUT2D eigenvalue weighted by Gasteiger charge is 2.52. The molecule has 5 heteroatoms. The van der Waals surface area contributed by atoms with Crippen LogP contribution in [0.3, 0.4) is 0 Å². The molecular weight excluding hydrogens is 340 g/mol. The summed E-state index contributed by atoms with van der Waals surface area (Å²) in [6.07, 6.45) is 2.24. The third kappa shape index (κ3) is 5.13. The fraction of sp³-hybridized carbons (Fsp3) is 0.727. The first-order valence-electron chi connectivity index (χ1n) is 10.4. The van der Waals surface area contributed by atoms with Gasteiger partial charge in [-0.05, 0) is 58.1 Å². The van der Waals surface area contributed by atoms with Gasteiger partial charge in [-0.3, -0.25) is 4.90 Å². The molecule has 0 unspecified atom stereocenters. The second kappa shape index (κ2) is 8.63. The van der Waals surface area contributed by atoms with Crippen molar-refractivity contribution >= 4 is 12.6 Å². The summed E-state index contributed by atoms with van der Waals surface area (Å²) in [6, 6.07) is 5.90. The van der Waals surface area contributed by atoms with Gasteiger partial charge in [-0.25, -0.2) is 4.39 Å². The molecule has 1 saturated heterocycles. The van der Waals surface area contributed by atoms with E-state index in [1.807, 2.05) is 39.8 Å². The molecule has 0 N–H and O–H groups in total. The molecule has 0 amide bonds. The SMILES string of the molecule is CCC(CC)N(Cc1ccc(F)c(B2OC(C)(C)C(C)(C)O2)c1)CC(C)C. The zero-order valence-corrected chi connectivity index (χ0v) is 18.4. The van der Waals surface area contributed by atoms with Crippen LogP contribution in [0, 0.1) is 11.7 Å². The highest BCUT2D eigenvalue weighted by Crippen LogP contribution is 2.36. The summed E-state index contributed by atoms with van der Waals surface area (Å²) >= 11 is 0. The van der Waals surface area contributed by atoms with Gasteiger partial charge in [-0.15, -0.1) is 0 Å². The quantitative estimate of drug-likeness (QED) is 0.609. The van der Waals surface area contributed by atoms with Crippen LogP contribution in [0.25, 0.3) is 0 Å². The second-order valence-electron chi connectivity index (χ2n) is 9.24. The predicted molar refractivity (Wildman–Crippen MR) is 112 cm³/mol. The van der Waals surface area contributed by atoms with Crippen LogP contribution in [0.2, 0.25) is 0 Å². The molecule has 1 aromatic carbocycles. The van der Waals surface area contributed by atoms with Gasteiger partial charge < -0.3 is 9.31 Å². The Morgan fingerprint density at radius 2 is 1.59 bits per heavy atom. The number of hydrogen-bond acceptors (Lipinski definition) is 3. The smallest absolute Gasteiger partial charge is 0.399 e. The molecule has 0 bridgehead atoms.